The van der Waals surface area contributed by atoms with Crippen LogP contribution >= 0.6 is 0 Å². The lowest BCUT2D eigenvalue weighted by atomic mass is 9.90. The van der Waals surface area contributed by atoms with Gasteiger partial charge in [0, 0.05) is 11.8 Å². The molecule has 20 heavy (non-hydrogen) atoms. The van der Waals surface area contributed by atoms with E-state index in [1.165, 1.54) is 0 Å². The van der Waals surface area contributed by atoms with Crippen LogP contribution in [0.25, 0.3) is 0 Å². The van der Waals surface area contributed by atoms with Crippen LogP contribution in [0.5, 0.6) is 17.2 Å². The fourth-order valence-electron chi connectivity index (χ4n) is 3.08. The molecule has 3 rings (SSSR count). The van der Waals surface area contributed by atoms with Gasteiger partial charge in [-0.25, -0.2) is 0 Å². The van der Waals surface area contributed by atoms with E-state index in [1.807, 2.05) is 12.1 Å². The van der Waals surface area contributed by atoms with Crippen LogP contribution in [0, 0.1) is 11.8 Å². The molecule has 0 radical (unpaired) electrons. The molecule has 5 nitrogen and oxygen atoms in total. The molecule has 2 heterocycles. The molecule has 0 N–H and O–H groups in total. The van der Waals surface area contributed by atoms with E-state index >= 15 is 0 Å². The van der Waals surface area contributed by atoms with Crippen molar-refractivity contribution in [3.8, 4) is 17.2 Å². The van der Waals surface area contributed by atoms with E-state index in [0.717, 1.165) is 25.4 Å². The van der Waals surface area contributed by atoms with E-state index in [9.17, 15) is 0 Å². The molecule has 2 fully saturated rings. The van der Waals surface area contributed by atoms with Gasteiger partial charge in [-0.05, 0) is 17.7 Å². The van der Waals surface area contributed by atoms with E-state index in [4.69, 9.17) is 23.7 Å². The average Bonchev–Trinajstić information content (AvgIpc) is 3.08. The third kappa shape index (κ3) is 2.11. The molecular weight excluding hydrogens is 260 g/mol. The maximum atomic E-state index is 5.95. The summed E-state index contributed by atoms with van der Waals surface area (Å²) in [6.07, 6.45) is 0.0382. The minimum Gasteiger partial charge on any atom is -0.493 e. The summed E-state index contributed by atoms with van der Waals surface area (Å²) < 4.78 is 27.6. The molecule has 2 saturated heterocycles. The molecule has 2 aliphatic heterocycles. The predicted molar refractivity (Wildman–Crippen MR) is 72.6 cm³/mol. The quantitative estimate of drug-likeness (QED) is 0.844. The van der Waals surface area contributed by atoms with Crippen molar-refractivity contribution >= 4 is 0 Å². The fourth-order valence-corrected chi connectivity index (χ4v) is 3.08. The maximum Gasteiger partial charge on any atom is 0.203 e. The summed E-state index contributed by atoms with van der Waals surface area (Å²) in [5, 5.41) is 0. The Morgan fingerprint density at radius 1 is 0.950 bits per heavy atom. The molecule has 0 bridgehead atoms. The highest BCUT2D eigenvalue weighted by Crippen LogP contribution is 2.46. The van der Waals surface area contributed by atoms with E-state index in [-0.39, 0.29) is 6.10 Å². The molecule has 3 atom stereocenters. The Hall–Kier alpha value is -1.46. The van der Waals surface area contributed by atoms with Crippen molar-refractivity contribution in [2.75, 3.05) is 41.2 Å². The van der Waals surface area contributed by atoms with Crippen molar-refractivity contribution in [1.29, 1.82) is 0 Å². The van der Waals surface area contributed by atoms with Crippen molar-refractivity contribution in [2.45, 2.75) is 6.10 Å². The number of rotatable bonds is 4. The summed E-state index contributed by atoms with van der Waals surface area (Å²) in [5.74, 6) is 2.84. The van der Waals surface area contributed by atoms with Gasteiger partial charge >= 0.3 is 0 Å². The third-order valence-corrected chi connectivity index (χ3v) is 4.14. The van der Waals surface area contributed by atoms with Crippen molar-refractivity contribution < 1.29 is 23.7 Å². The standard InChI is InChI=1S/C15H20O5/c1-16-12-4-9(5-13(17-2)15(12)18-3)14-11-8-19-6-10(11)7-20-14/h4-5,10-11,14H,6-8H2,1-3H3. The zero-order valence-electron chi connectivity index (χ0n) is 12.0. The Bertz CT molecular complexity index is 462. The summed E-state index contributed by atoms with van der Waals surface area (Å²) >= 11 is 0. The van der Waals surface area contributed by atoms with Crippen molar-refractivity contribution in [3.05, 3.63) is 17.7 Å². The predicted octanol–water partition coefficient (Wildman–Crippen LogP) is 2.05. The van der Waals surface area contributed by atoms with Crippen LogP contribution < -0.4 is 14.2 Å². The first kappa shape index (κ1) is 13.5. The van der Waals surface area contributed by atoms with E-state index in [1.54, 1.807) is 21.3 Å². The van der Waals surface area contributed by atoms with Crippen LogP contribution in [-0.4, -0.2) is 41.2 Å². The van der Waals surface area contributed by atoms with E-state index < -0.39 is 0 Å². The molecule has 2 aliphatic rings. The summed E-state index contributed by atoms with van der Waals surface area (Å²) in [4.78, 5) is 0. The molecule has 0 spiro atoms. The molecule has 1 aromatic carbocycles. The van der Waals surface area contributed by atoms with Crippen LogP contribution in [-0.2, 0) is 9.47 Å². The van der Waals surface area contributed by atoms with Crippen LogP contribution in [0.1, 0.15) is 11.7 Å². The minimum atomic E-state index is 0.0382. The number of fused-ring (bicyclic) bond motifs is 1. The van der Waals surface area contributed by atoms with Gasteiger partial charge in [0.05, 0.1) is 47.3 Å². The van der Waals surface area contributed by atoms with Gasteiger partial charge in [0.15, 0.2) is 11.5 Å². The Labute approximate surface area is 118 Å². The lowest BCUT2D eigenvalue weighted by Gasteiger charge is -2.20. The summed E-state index contributed by atoms with van der Waals surface area (Å²) in [6, 6.07) is 3.93. The van der Waals surface area contributed by atoms with E-state index in [0.29, 0.717) is 29.1 Å². The van der Waals surface area contributed by atoms with Gasteiger partial charge in [-0.1, -0.05) is 0 Å². The monoisotopic (exact) mass is 280 g/mol. The van der Waals surface area contributed by atoms with Crippen LogP contribution in [0.15, 0.2) is 12.1 Å². The van der Waals surface area contributed by atoms with Gasteiger partial charge in [-0.2, -0.15) is 0 Å². The number of ether oxygens (including phenoxy) is 5. The first-order valence-corrected chi connectivity index (χ1v) is 6.77. The lowest BCUT2D eigenvalue weighted by Crippen LogP contribution is -2.13. The van der Waals surface area contributed by atoms with Gasteiger partial charge in [-0.15, -0.1) is 0 Å². The normalized spacial score (nSPS) is 28.2. The summed E-state index contributed by atoms with van der Waals surface area (Å²) in [7, 11) is 4.85. The molecule has 0 aromatic heterocycles. The topological polar surface area (TPSA) is 46.2 Å². The smallest absolute Gasteiger partial charge is 0.203 e. The SMILES string of the molecule is COc1cc(C2OCC3COCC32)cc(OC)c1OC. The summed E-state index contributed by atoms with van der Waals surface area (Å²) in [5.41, 5.74) is 1.05. The van der Waals surface area contributed by atoms with Crippen molar-refractivity contribution in [1.82, 2.24) is 0 Å². The number of hydrogen-bond acceptors (Lipinski definition) is 5. The molecule has 3 unspecified atom stereocenters. The maximum absolute atomic E-state index is 5.95. The first-order valence-electron chi connectivity index (χ1n) is 6.77. The third-order valence-electron chi connectivity index (χ3n) is 4.14. The minimum absolute atomic E-state index is 0.0382. The Balaban J connectivity index is 1.97. The van der Waals surface area contributed by atoms with Gasteiger partial charge < -0.3 is 23.7 Å². The average molecular weight is 280 g/mol. The second kappa shape index (κ2) is 5.50. The number of methoxy groups -OCH3 is 3. The second-order valence-corrected chi connectivity index (χ2v) is 5.17. The highest BCUT2D eigenvalue weighted by molar-refractivity contribution is 5.54. The Morgan fingerprint density at radius 3 is 2.25 bits per heavy atom. The van der Waals surface area contributed by atoms with Gasteiger partial charge in [-0.3, -0.25) is 0 Å². The van der Waals surface area contributed by atoms with Crippen molar-refractivity contribution in [3.63, 3.8) is 0 Å². The van der Waals surface area contributed by atoms with Crippen LogP contribution in [0.4, 0.5) is 0 Å². The molecule has 110 valence electrons. The zero-order valence-corrected chi connectivity index (χ0v) is 12.0. The zero-order chi connectivity index (χ0) is 14.1. The lowest BCUT2D eigenvalue weighted by molar-refractivity contribution is 0.0499. The molecular formula is C15H20O5. The number of hydrogen-bond donors (Lipinski definition) is 0. The van der Waals surface area contributed by atoms with Crippen LogP contribution in [0.2, 0.25) is 0 Å². The van der Waals surface area contributed by atoms with Gasteiger partial charge in [0.2, 0.25) is 5.75 Å². The van der Waals surface area contributed by atoms with E-state index in [2.05, 4.69) is 0 Å². The summed E-state index contributed by atoms with van der Waals surface area (Å²) in [6.45, 7) is 2.31. The first-order chi connectivity index (χ1) is 9.78. The Morgan fingerprint density at radius 2 is 1.65 bits per heavy atom. The molecule has 5 heteroatoms. The Kier molecular flexibility index (Phi) is 3.72. The molecule has 0 saturated carbocycles. The van der Waals surface area contributed by atoms with Crippen LogP contribution in [0.3, 0.4) is 0 Å². The fraction of sp³-hybridized carbons (Fsp3) is 0.600. The van der Waals surface area contributed by atoms with Gasteiger partial charge in [0.25, 0.3) is 0 Å². The van der Waals surface area contributed by atoms with Crippen molar-refractivity contribution in [2.24, 2.45) is 11.8 Å². The largest absolute Gasteiger partial charge is 0.493 e. The molecule has 0 aliphatic carbocycles. The number of benzene rings is 1. The molecule has 0 amide bonds. The molecule has 1 aromatic rings. The highest BCUT2D eigenvalue weighted by Gasteiger charge is 2.42. The second-order valence-electron chi connectivity index (χ2n) is 5.17. The highest BCUT2D eigenvalue weighted by atomic mass is 16.5. The van der Waals surface area contributed by atoms with Gasteiger partial charge in [0.1, 0.15) is 0 Å².